The second-order valence-electron chi connectivity index (χ2n) is 4.81. The molecule has 1 fully saturated rings. The van der Waals surface area contributed by atoms with Gasteiger partial charge in [0.05, 0.1) is 0 Å². The summed E-state index contributed by atoms with van der Waals surface area (Å²) in [5, 5.41) is 3.30. The summed E-state index contributed by atoms with van der Waals surface area (Å²) >= 11 is 0. The molecule has 0 saturated heterocycles. The molecule has 1 aromatic rings. The van der Waals surface area contributed by atoms with Crippen molar-refractivity contribution < 1.29 is 8.78 Å². The molecule has 0 bridgehead atoms. The zero-order valence-corrected chi connectivity index (χ0v) is 9.69. The van der Waals surface area contributed by atoms with Gasteiger partial charge in [0.2, 0.25) is 0 Å². The fourth-order valence-electron chi connectivity index (χ4n) is 2.16. The molecule has 0 amide bonds. The zero-order valence-electron chi connectivity index (χ0n) is 9.69. The molecule has 1 N–H and O–H groups in total. The van der Waals surface area contributed by atoms with Crippen LogP contribution in [0.5, 0.6) is 0 Å². The van der Waals surface area contributed by atoms with E-state index in [1.54, 1.807) is 6.07 Å². The Morgan fingerprint density at radius 2 is 2.06 bits per heavy atom. The number of nitrogens with one attached hydrogen (secondary N) is 1. The highest BCUT2D eigenvalue weighted by Gasteiger charge is 2.45. The zero-order chi connectivity index (χ0) is 11.8. The first-order valence-corrected chi connectivity index (χ1v) is 5.75. The van der Waals surface area contributed by atoms with Crippen LogP contribution in [-0.2, 0) is 0 Å². The third-order valence-electron chi connectivity index (χ3n) is 3.42. The second kappa shape index (κ2) is 4.13. The van der Waals surface area contributed by atoms with E-state index >= 15 is 0 Å². The summed E-state index contributed by atoms with van der Waals surface area (Å²) in [5.74, 6) is -0.962. The first-order valence-electron chi connectivity index (χ1n) is 5.75. The summed E-state index contributed by atoms with van der Waals surface area (Å²) < 4.78 is 26.6. The van der Waals surface area contributed by atoms with E-state index in [2.05, 4.69) is 12.2 Å². The highest BCUT2D eigenvalue weighted by molar-refractivity contribution is 5.26. The molecule has 1 nitrogen and oxygen atoms in total. The molecule has 16 heavy (non-hydrogen) atoms. The molecule has 1 saturated carbocycles. The van der Waals surface area contributed by atoms with Gasteiger partial charge in [-0.3, -0.25) is 0 Å². The average molecular weight is 225 g/mol. The Bertz CT molecular complexity index is 386. The lowest BCUT2D eigenvalue weighted by molar-refractivity contribution is 0.360. The van der Waals surface area contributed by atoms with Crippen molar-refractivity contribution in [3.63, 3.8) is 0 Å². The smallest absolute Gasteiger partial charge is 0.130 e. The molecule has 88 valence electrons. The predicted octanol–water partition coefficient (Wildman–Crippen LogP) is 3.42. The first-order chi connectivity index (χ1) is 7.57. The highest BCUT2D eigenvalue weighted by Crippen LogP contribution is 2.54. The molecular weight excluding hydrogens is 208 g/mol. The van der Waals surface area contributed by atoms with Crippen molar-refractivity contribution in [2.75, 3.05) is 6.54 Å². The summed E-state index contributed by atoms with van der Waals surface area (Å²) in [5.41, 5.74) is 0.720. The van der Waals surface area contributed by atoms with E-state index < -0.39 is 11.6 Å². The minimum Gasteiger partial charge on any atom is -0.310 e. The normalized spacial score (nSPS) is 19.5. The maximum Gasteiger partial charge on any atom is 0.130 e. The summed E-state index contributed by atoms with van der Waals surface area (Å²) in [4.78, 5) is 0. The van der Waals surface area contributed by atoms with Crippen molar-refractivity contribution in [1.29, 1.82) is 0 Å². The van der Waals surface area contributed by atoms with Gasteiger partial charge in [-0.25, -0.2) is 8.78 Å². The molecule has 0 spiro atoms. The molecule has 0 heterocycles. The first kappa shape index (κ1) is 11.5. The van der Waals surface area contributed by atoms with Crippen LogP contribution in [0.4, 0.5) is 8.78 Å². The van der Waals surface area contributed by atoms with Crippen LogP contribution in [0.15, 0.2) is 18.2 Å². The van der Waals surface area contributed by atoms with Crippen LogP contribution in [0.3, 0.4) is 0 Å². The molecule has 1 aliphatic carbocycles. The Morgan fingerprint density at radius 3 is 2.56 bits per heavy atom. The van der Waals surface area contributed by atoms with E-state index in [0.717, 1.165) is 25.5 Å². The van der Waals surface area contributed by atoms with Gasteiger partial charge in [-0.05, 0) is 30.9 Å². The van der Waals surface area contributed by atoms with Gasteiger partial charge in [0.15, 0.2) is 0 Å². The van der Waals surface area contributed by atoms with Gasteiger partial charge >= 0.3 is 0 Å². The van der Waals surface area contributed by atoms with Crippen molar-refractivity contribution >= 4 is 0 Å². The van der Waals surface area contributed by atoms with Crippen LogP contribution in [-0.4, -0.2) is 6.54 Å². The van der Waals surface area contributed by atoms with Crippen molar-refractivity contribution in [3.05, 3.63) is 35.4 Å². The van der Waals surface area contributed by atoms with Crippen LogP contribution >= 0.6 is 0 Å². The molecule has 1 aliphatic rings. The molecule has 1 aromatic carbocycles. The molecule has 2 rings (SSSR count). The fourth-order valence-corrected chi connectivity index (χ4v) is 2.16. The minimum atomic E-state index is -0.516. The topological polar surface area (TPSA) is 12.0 Å². The van der Waals surface area contributed by atoms with E-state index in [4.69, 9.17) is 0 Å². The van der Waals surface area contributed by atoms with Gasteiger partial charge in [0, 0.05) is 17.7 Å². The molecule has 0 aromatic heterocycles. The minimum absolute atomic E-state index is 0.00176. The molecular formula is C13H17F2N. The van der Waals surface area contributed by atoms with Crippen molar-refractivity contribution in [2.45, 2.75) is 32.7 Å². The molecule has 0 radical (unpaired) electrons. The van der Waals surface area contributed by atoms with E-state index in [-0.39, 0.29) is 11.5 Å². The van der Waals surface area contributed by atoms with Crippen molar-refractivity contribution in [1.82, 2.24) is 5.32 Å². The quantitative estimate of drug-likeness (QED) is 0.828. The lowest BCUT2D eigenvalue weighted by atomic mass is 9.91. The number of benzene rings is 1. The Labute approximate surface area is 94.9 Å². The Morgan fingerprint density at radius 1 is 1.38 bits per heavy atom. The Balaban J connectivity index is 2.31. The standard InChI is InChI=1S/C13H17F2N/c1-3-16-12(13(2)6-7-13)10-5-4-9(14)8-11(10)15/h4-5,8,12,16H,3,6-7H2,1-2H3. The van der Waals surface area contributed by atoms with E-state index in [9.17, 15) is 8.78 Å². The summed E-state index contributed by atoms with van der Waals surface area (Å²) in [6.45, 7) is 4.93. The lowest BCUT2D eigenvalue weighted by Gasteiger charge is -2.25. The van der Waals surface area contributed by atoms with Crippen molar-refractivity contribution in [2.24, 2.45) is 5.41 Å². The van der Waals surface area contributed by atoms with Crippen LogP contribution in [0, 0.1) is 17.0 Å². The molecule has 1 unspecified atom stereocenters. The lowest BCUT2D eigenvalue weighted by Crippen LogP contribution is -2.28. The van der Waals surface area contributed by atoms with Gasteiger partial charge in [-0.1, -0.05) is 19.9 Å². The Kier molecular flexibility index (Phi) is 2.98. The summed E-state index contributed by atoms with van der Waals surface area (Å²) in [6.07, 6.45) is 2.20. The molecule has 1 atom stereocenters. The maximum atomic E-state index is 13.7. The maximum absolute atomic E-state index is 13.7. The van der Waals surface area contributed by atoms with Gasteiger partial charge in [0.25, 0.3) is 0 Å². The largest absolute Gasteiger partial charge is 0.310 e. The van der Waals surface area contributed by atoms with Crippen LogP contribution in [0.2, 0.25) is 0 Å². The van der Waals surface area contributed by atoms with Crippen LogP contribution in [0.25, 0.3) is 0 Å². The number of halogens is 2. The third-order valence-corrected chi connectivity index (χ3v) is 3.42. The average Bonchev–Trinajstić information content (AvgIpc) is 2.95. The van der Waals surface area contributed by atoms with Gasteiger partial charge in [-0.2, -0.15) is 0 Å². The van der Waals surface area contributed by atoms with Crippen LogP contribution < -0.4 is 5.32 Å². The fraction of sp³-hybridized carbons (Fsp3) is 0.538. The van der Waals surface area contributed by atoms with E-state index in [1.807, 2.05) is 6.92 Å². The molecule has 0 aliphatic heterocycles. The van der Waals surface area contributed by atoms with Crippen molar-refractivity contribution in [3.8, 4) is 0 Å². The van der Waals surface area contributed by atoms with Gasteiger partial charge in [0.1, 0.15) is 11.6 Å². The number of hydrogen-bond donors (Lipinski definition) is 1. The van der Waals surface area contributed by atoms with E-state index in [1.165, 1.54) is 6.07 Å². The monoisotopic (exact) mass is 225 g/mol. The number of rotatable bonds is 4. The third kappa shape index (κ3) is 2.09. The van der Waals surface area contributed by atoms with Gasteiger partial charge in [-0.15, -0.1) is 0 Å². The summed E-state index contributed by atoms with van der Waals surface area (Å²) in [6, 6.07) is 3.85. The van der Waals surface area contributed by atoms with Gasteiger partial charge < -0.3 is 5.32 Å². The van der Waals surface area contributed by atoms with E-state index in [0.29, 0.717) is 5.56 Å². The Hall–Kier alpha value is -0.960. The second-order valence-corrected chi connectivity index (χ2v) is 4.81. The molecule has 3 heteroatoms. The predicted molar refractivity (Wildman–Crippen MR) is 60.1 cm³/mol. The van der Waals surface area contributed by atoms with Crippen LogP contribution in [0.1, 0.15) is 38.3 Å². The summed E-state index contributed by atoms with van der Waals surface area (Å²) in [7, 11) is 0. The SMILES string of the molecule is CCNC(c1ccc(F)cc1F)C1(C)CC1. The highest BCUT2D eigenvalue weighted by atomic mass is 19.1. The number of hydrogen-bond acceptors (Lipinski definition) is 1.